The summed E-state index contributed by atoms with van der Waals surface area (Å²) in [5.41, 5.74) is 1.94. The predicted octanol–water partition coefficient (Wildman–Crippen LogP) is 4.57. The highest BCUT2D eigenvalue weighted by Gasteiger charge is 2.11. The molecule has 0 N–H and O–H groups in total. The monoisotopic (exact) mass is 302 g/mol. The Labute approximate surface area is 122 Å². The van der Waals surface area contributed by atoms with Crippen molar-refractivity contribution in [2.24, 2.45) is 0 Å². The first-order valence-electron chi connectivity index (χ1n) is 6.05. The van der Waals surface area contributed by atoms with E-state index in [2.05, 4.69) is 22.5 Å². The van der Waals surface area contributed by atoms with Gasteiger partial charge in [0.25, 0.3) is 0 Å². The van der Waals surface area contributed by atoms with Crippen molar-refractivity contribution in [3.63, 3.8) is 0 Å². The fraction of sp³-hybridized carbons (Fsp3) is 0.462. The van der Waals surface area contributed by atoms with Gasteiger partial charge in [0, 0.05) is 6.54 Å². The van der Waals surface area contributed by atoms with Gasteiger partial charge < -0.3 is 4.57 Å². The lowest BCUT2D eigenvalue weighted by molar-refractivity contribution is 0.676. The minimum absolute atomic E-state index is 0.423. The van der Waals surface area contributed by atoms with E-state index in [1.807, 2.05) is 23.9 Å². The molecule has 98 valence electrons. The van der Waals surface area contributed by atoms with Crippen molar-refractivity contribution in [2.75, 3.05) is 11.5 Å². The van der Waals surface area contributed by atoms with Crippen molar-refractivity contribution in [3.8, 4) is 0 Å². The lowest BCUT2D eigenvalue weighted by Gasteiger charge is -2.07. The predicted molar refractivity (Wildman–Crippen MR) is 81.9 cm³/mol. The van der Waals surface area contributed by atoms with Crippen LogP contribution >= 0.6 is 35.0 Å². The van der Waals surface area contributed by atoms with E-state index in [0.717, 1.165) is 29.8 Å². The summed E-state index contributed by atoms with van der Waals surface area (Å²) in [6.45, 7) is 3.13. The second-order valence-corrected chi connectivity index (χ2v) is 6.04. The van der Waals surface area contributed by atoms with Crippen molar-refractivity contribution in [1.29, 1.82) is 0 Å². The molecule has 5 heteroatoms. The summed E-state index contributed by atoms with van der Waals surface area (Å²) >= 11 is 14.1. The van der Waals surface area contributed by atoms with Crippen LogP contribution in [0.25, 0.3) is 11.0 Å². The van der Waals surface area contributed by atoms with Crippen LogP contribution in [0.4, 0.5) is 0 Å². The molecule has 0 aliphatic heterocycles. The molecular formula is C13H16Cl2N2S. The minimum atomic E-state index is 0.423. The molecule has 0 saturated heterocycles. The third kappa shape index (κ3) is 2.95. The van der Waals surface area contributed by atoms with Gasteiger partial charge in [0.05, 0.1) is 16.4 Å². The lowest BCUT2D eigenvalue weighted by Crippen LogP contribution is -2.03. The van der Waals surface area contributed by atoms with Crippen LogP contribution in [0.3, 0.4) is 0 Å². The van der Waals surface area contributed by atoms with E-state index < -0.39 is 0 Å². The van der Waals surface area contributed by atoms with E-state index in [9.17, 15) is 0 Å². The van der Waals surface area contributed by atoms with Gasteiger partial charge in [0.1, 0.15) is 11.3 Å². The van der Waals surface area contributed by atoms with Crippen molar-refractivity contribution >= 4 is 46.0 Å². The minimum Gasteiger partial charge on any atom is -0.327 e. The number of halogens is 2. The first-order valence-corrected chi connectivity index (χ1v) is 8.12. The molecule has 2 aromatic rings. The second kappa shape index (κ2) is 6.69. The highest BCUT2D eigenvalue weighted by atomic mass is 35.5. The highest BCUT2D eigenvalue weighted by molar-refractivity contribution is 7.99. The normalized spacial score (nSPS) is 11.3. The molecule has 0 aliphatic carbocycles. The number of aryl methyl sites for hydroxylation is 1. The van der Waals surface area contributed by atoms with Crippen LogP contribution in [0.15, 0.2) is 18.2 Å². The van der Waals surface area contributed by atoms with Gasteiger partial charge in [-0.1, -0.05) is 24.6 Å². The summed E-state index contributed by atoms with van der Waals surface area (Å²) in [7, 11) is 0. The molecule has 1 heterocycles. The number of hydrogen-bond donors (Lipinski definition) is 0. The fourth-order valence-corrected chi connectivity index (χ4v) is 3.02. The number of benzene rings is 1. The van der Waals surface area contributed by atoms with Gasteiger partial charge in [0.2, 0.25) is 0 Å². The van der Waals surface area contributed by atoms with Crippen molar-refractivity contribution in [1.82, 2.24) is 9.55 Å². The molecule has 2 nitrogen and oxygen atoms in total. The van der Waals surface area contributed by atoms with Gasteiger partial charge in [-0.15, -0.1) is 11.6 Å². The number of para-hydroxylation sites is 1. The number of hydrogen-bond acceptors (Lipinski definition) is 2. The van der Waals surface area contributed by atoms with E-state index in [1.54, 1.807) is 0 Å². The standard InChI is InChI=1S/C13H16Cl2N2S/c1-2-18-8-4-7-17-11-6-3-5-10(15)13(11)16-12(17)9-14/h3,5-6H,2,4,7-9H2,1H3. The highest BCUT2D eigenvalue weighted by Crippen LogP contribution is 2.25. The fourth-order valence-electron chi connectivity index (χ4n) is 1.98. The Hall–Kier alpha value is -0.380. The van der Waals surface area contributed by atoms with E-state index in [4.69, 9.17) is 23.2 Å². The molecule has 2 rings (SSSR count). The summed E-state index contributed by atoms with van der Waals surface area (Å²) < 4.78 is 2.18. The molecule has 0 saturated carbocycles. The van der Waals surface area contributed by atoms with Crippen LogP contribution < -0.4 is 0 Å². The SMILES string of the molecule is CCSCCCn1c(CCl)nc2c(Cl)cccc21. The summed E-state index contributed by atoms with van der Waals surface area (Å²) in [5.74, 6) is 3.66. The Morgan fingerprint density at radius 2 is 2.22 bits per heavy atom. The van der Waals surface area contributed by atoms with Gasteiger partial charge in [-0.05, 0) is 30.1 Å². The number of alkyl halides is 1. The second-order valence-electron chi connectivity index (χ2n) is 3.97. The topological polar surface area (TPSA) is 17.8 Å². The van der Waals surface area contributed by atoms with Gasteiger partial charge >= 0.3 is 0 Å². The van der Waals surface area contributed by atoms with Gasteiger partial charge in [-0.2, -0.15) is 11.8 Å². The molecule has 0 fully saturated rings. The van der Waals surface area contributed by atoms with E-state index >= 15 is 0 Å². The average molecular weight is 303 g/mol. The lowest BCUT2D eigenvalue weighted by atomic mass is 10.3. The van der Waals surface area contributed by atoms with Crippen LogP contribution in [0.5, 0.6) is 0 Å². The molecule has 0 amide bonds. The molecule has 0 spiro atoms. The maximum absolute atomic E-state index is 6.16. The molecule has 1 aromatic heterocycles. The Balaban J connectivity index is 2.26. The van der Waals surface area contributed by atoms with Gasteiger partial charge in [0.15, 0.2) is 0 Å². The van der Waals surface area contributed by atoms with Crippen molar-refractivity contribution in [2.45, 2.75) is 25.8 Å². The zero-order valence-electron chi connectivity index (χ0n) is 10.3. The molecule has 18 heavy (non-hydrogen) atoms. The van der Waals surface area contributed by atoms with Gasteiger partial charge in [-0.3, -0.25) is 0 Å². The van der Waals surface area contributed by atoms with E-state index in [0.29, 0.717) is 10.9 Å². The van der Waals surface area contributed by atoms with Crippen LogP contribution in [-0.2, 0) is 12.4 Å². The molecule has 0 unspecified atom stereocenters. The van der Waals surface area contributed by atoms with Crippen LogP contribution in [0.1, 0.15) is 19.2 Å². The Bertz CT molecular complexity index is 525. The molecule has 0 bridgehead atoms. The molecule has 0 radical (unpaired) electrons. The third-order valence-corrected chi connectivity index (χ3v) is 4.33. The number of aromatic nitrogens is 2. The quantitative estimate of drug-likeness (QED) is 0.574. The molecule has 0 aliphatic rings. The first-order chi connectivity index (χ1) is 8.77. The van der Waals surface area contributed by atoms with Crippen molar-refractivity contribution in [3.05, 3.63) is 29.0 Å². The van der Waals surface area contributed by atoms with Crippen LogP contribution in [0.2, 0.25) is 5.02 Å². The van der Waals surface area contributed by atoms with E-state index in [1.165, 1.54) is 11.5 Å². The summed E-state index contributed by atoms with van der Waals surface area (Å²) in [4.78, 5) is 4.52. The summed E-state index contributed by atoms with van der Waals surface area (Å²) in [6.07, 6.45) is 1.13. The largest absolute Gasteiger partial charge is 0.327 e. The third-order valence-electron chi connectivity index (χ3n) is 2.80. The smallest absolute Gasteiger partial charge is 0.124 e. The number of thioether (sulfide) groups is 1. The number of nitrogens with zero attached hydrogens (tertiary/aromatic N) is 2. The summed E-state index contributed by atoms with van der Waals surface area (Å²) in [6, 6.07) is 5.88. The zero-order chi connectivity index (χ0) is 13.0. The Morgan fingerprint density at radius 1 is 1.39 bits per heavy atom. The number of imidazole rings is 1. The maximum Gasteiger partial charge on any atom is 0.124 e. The molecule has 0 atom stereocenters. The van der Waals surface area contributed by atoms with E-state index in [-0.39, 0.29) is 0 Å². The zero-order valence-corrected chi connectivity index (χ0v) is 12.7. The van der Waals surface area contributed by atoms with Crippen LogP contribution in [-0.4, -0.2) is 21.1 Å². The van der Waals surface area contributed by atoms with Crippen molar-refractivity contribution < 1.29 is 0 Å². The number of rotatable bonds is 6. The summed E-state index contributed by atoms with van der Waals surface area (Å²) in [5, 5.41) is 0.695. The van der Waals surface area contributed by atoms with Gasteiger partial charge in [-0.25, -0.2) is 4.98 Å². The Kier molecular flexibility index (Phi) is 5.22. The maximum atomic E-state index is 6.16. The number of fused-ring (bicyclic) bond motifs is 1. The Morgan fingerprint density at radius 3 is 2.94 bits per heavy atom. The first kappa shape index (κ1) is 14.0. The molecule has 1 aromatic carbocycles. The molecular weight excluding hydrogens is 287 g/mol. The van der Waals surface area contributed by atoms with Crippen LogP contribution in [0, 0.1) is 0 Å². The average Bonchev–Trinajstić information content (AvgIpc) is 2.74.